The van der Waals surface area contributed by atoms with E-state index in [0.29, 0.717) is 19.4 Å². The third-order valence-corrected chi connectivity index (χ3v) is 3.68. The lowest BCUT2D eigenvalue weighted by molar-refractivity contribution is -0.251. The Morgan fingerprint density at radius 1 is 1.06 bits per heavy atom. The van der Waals surface area contributed by atoms with Crippen LogP contribution in [0.2, 0.25) is 0 Å². The van der Waals surface area contributed by atoms with Crippen LogP contribution in [0.3, 0.4) is 0 Å². The van der Waals surface area contributed by atoms with Crippen LogP contribution in [0.4, 0.5) is 0 Å². The van der Waals surface area contributed by atoms with Crippen molar-refractivity contribution in [3.05, 3.63) is 0 Å². The Bertz CT molecular complexity index is 239. The third kappa shape index (κ3) is 3.39. The first-order chi connectivity index (χ1) is 8.20. The molecule has 5 nitrogen and oxygen atoms in total. The number of hydrogen-bond donors (Lipinski definition) is 3. The van der Waals surface area contributed by atoms with Gasteiger partial charge in [0.05, 0.1) is 24.4 Å². The van der Waals surface area contributed by atoms with Gasteiger partial charge in [-0.05, 0) is 19.3 Å². The molecular weight excluding hydrogens is 222 g/mol. The molecule has 0 aromatic rings. The van der Waals surface area contributed by atoms with Crippen molar-refractivity contribution in [1.29, 1.82) is 0 Å². The van der Waals surface area contributed by atoms with Crippen LogP contribution in [0.15, 0.2) is 0 Å². The first kappa shape index (κ1) is 13.2. The largest absolute Gasteiger partial charge is 0.390 e. The molecule has 5 heteroatoms. The molecule has 17 heavy (non-hydrogen) atoms. The first-order valence-electron chi connectivity index (χ1n) is 6.58. The van der Waals surface area contributed by atoms with Crippen molar-refractivity contribution in [2.45, 2.75) is 69.2 Å². The monoisotopic (exact) mass is 245 g/mol. The van der Waals surface area contributed by atoms with Crippen LogP contribution in [-0.2, 0) is 9.47 Å². The fourth-order valence-electron chi connectivity index (χ4n) is 2.59. The molecule has 0 amide bonds. The summed E-state index contributed by atoms with van der Waals surface area (Å²) in [7, 11) is 0. The van der Waals surface area contributed by atoms with Crippen molar-refractivity contribution < 1.29 is 19.7 Å². The fourth-order valence-corrected chi connectivity index (χ4v) is 2.59. The van der Waals surface area contributed by atoms with Crippen molar-refractivity contribution in [3.63, 3.8) is 0 Å². The molecule has 1 aliphatic carbocycles. The molecule has 1 saturated carbocycles. The normalized spacial score (nSPS) is 43.6. The van der Waals surface area contributed by atoms with Crippen molar-refractivity contribution >= 4 is 0 Å². The summed E-state index contributed by atoms with van der Waals surface area (Å²) in [6.07, 6.45) is 3.51. The van der Waals surface area contributed by atoms with E-state index < -0.39 is 6.10 Å². The van der Waals surface area contributed by atoms with Crippen LogP contribution >= 0.6 is 0 Å². The summed E-state index contributed by atoms with van der Waals surface area (Å²) >= 11 is 0. The van der Waals surface area contributed by atoms with E-state index in [1.165, 1.54) is 0 Å². The molecule has 0 radical (unpaired) electrons. The van der Waals surface area contributed by atoms with Crippen LogP contribution in [-0.4, -0.2) is 47.5 Å². The Morgan fingerprint density at radius 2 is 1.82 bits per heavy atom. The minimum Gasteiger partial charge on any atom is -0.390 e. The average molecular weight is 245 g/mol. The molecule has 1 saturated heterocycles. The molecule has 0 aromatic carbocycles. The first-order valence-corrected chi connectivity index (χ1v) is 6.58. The quantitative estimate of drug-likeness (QED) is 0.658. The molecule has 2 rings (SSSR count). The van der Waals surface area contributed by atoms with Crippen molar-refractivity contribution in [1.82, 2.24) is 0 Å². The van der Waals surface area contributed by atoms with E-state index in [9.17, 15) is 10.2 Å². The number of hydrogen-bond acceptors (Lipinski definition) is 5. The molecular formula is C12H23NO4. The lowest BCUT2D eigenvalue weighted by atomic mass is 9.94. The summed E-state index contributed by atoms with van der Waals surface area (Å²) in [5.74, 6) is 0. The predicted molar refractivity (Wildman–Crippen MR) is 62.3 cm³/mol. The summed E-state index contributed by atoms with van der Waals surface area (Å²) in [4.78, 5) is 0. The Labute approximate surface area is 102 Å². The van der Waals surface area contributed by atoms with Gasteiger partial charge in [-0.1, -0.05) is 12.8 Å². The molecule has 0 bridgehead atoms. The zero-order valence-corrected chi connectivity index (χ0v) is 10.1. The minimum absolute atomic E-state index is 0.123. The van der Waals surface area contributed by atoms with Gasteiger partial charge in [0, 0.05) is 13.0 Å². The third-order valence-electron chi connectivity index (χ3n) is 3.68. The van der Waals surface area contributed by atoms with E-state index in [0.717, 1.165) is 25.7 Å². The SMILES string of the molecule is NCC1OC(OC2CCCCC2O)CCC1O. The number of aliphatic hydroxyl groups excluding tert-OH is 2. The van der Waals surface area contributed by atoms with Gasteiger partial charge < -0.3 is 25.4 Å². The lowest BCUT2D eigenvalue weighted by Crippen LogP contribution is -2.46. The maximum Gasteiger partial charge on any atom is 0.158 e. The molecule has 5 atom stereocenters. The second kappa shape index (κ2) is 6.11. The van der Waals surface area contributed by atoms with Gasteiger partial charge >= 0.3 is 0 Å². The van der Waals surface area contributed by atoms with Crippen LogP contribution in [0.1, 0.15) is 38.5 Å². The molecule has 4 N–H and O–H groups in total. The summed E-state index contributed by atoms with van der Waals surface area (Å²) < 4.78 is 11.4. The lowest BCUT2D eigenvalue weighted by Gasteiger charge is -2.37. The van der Waals surface area contributed by atoms with E-state index in [-0.39, 0.29) is 24.6 Å². The van der Waals surface area contributed by atoms with E-state index in [1.807, 2.05) is 0 Å². The van der Waals surface area contributed by atoms with Gasteiger partial charge in [-0.3, -0.25) is 0 Å². The Morgan fingerprint density at radius 3 is 2.53 bits per heavy atom. The molecule has 5 unspecified atom stereocenters. The molecule has 100 valence electrons. The highest BCUT2D eigenvalue weighted by molar-refractivity contribution is 4.79. The summed E-state index contributed by atoms with van der Waals surface area (Å²) in [5, 5.41) is 19.5. The van der Waals surface area contributed by atoms with Gasteiger partial charge in [0.15, 0.2) is 6.29 Å². The second-order valence-corrected chi connectivity index (χ2v) is 5.01. The van der Waals surface area contributed by atoms with Gasteiger partial charge in [-0.2, -0.15) is 0 Å². The Kier molecular flexibility index (Phi) is 4.76. The van der Waals surface area contributed by atoms with Crippen LogP contribution in [0.25, 0.3) is 0 Å². The van der Waals surface area contributed by atoms with Gasteiger partial charge in [0.1, 0.15) is 0 Å². The second-order valence-electron chi connectivity index (χ2n) is 5.01. The van der Waals surface area contributed by atoms with Crippen LogP contribution in [0.5, 0.6) is 0 Å². The van der Waals surface area contributed by atoms with Gasteiger partial charge in [-0.25, -0.2) is 0 Å². The number of rotatable bonds is 3. The number of ether oxygens (including phenoxy) is 2. The summed E-state index contributed by atoms with van der Waals surface area (Å²) in [5.41, 5.74) is 5.53. The van der Waals surface area contributed by atoms with E-state index >= 15 is 0 Å². The topological polar surface area (TPSA) is 84.9 Å². The molecule has 1 heterocycles. The maximum atomic E-state index is 9.82. The van der Waals surface area contributed by atoms with E-state index in [4.69, 9.17) is 15.2 Å². The molecule has 0 spiro atoms. The molecule has 2 aliphatic rings. The zero-order chi connectivity index (χ0) is 12.3. The minimum atomic E-state index is -0.490. The van der Waals surface area contributed by atoms with Gasteiger partial charge in [-0.15, -0.1) is 0 Å². The van der Waals surface area contributed by atoms with Crippen molar-refractivity contribution in [2.75, 3.05) is 6.54 Å². The number of nitrogens with two attached hydrogens (primary N) is 1. The predicted octanol–water partition coefficient (Wildman–Crippen LogP) is 0.131. The Hall–Kier alpha value is -0.200. The molecule has 2 fully saturated rings. The van der Waals surface area contributed by atoms with E-state index in [2.05, 4.69) is 0 Å². The smallest absolute Gasteiger partial charge is 0.158 e. The zero-order valence-electron chi connectivity index (χ0n) is 10.1. The van der Waals surface area contributed by atoms with Crippen molar-refractivity contribution in [3.8, 4) is 0 Å². The number of aliphatic hydroxyl groups is 2. The van der Waals surface area contributed by atoms with Crippen LogP contribution in [0, 0.1) is 0 Å². The highest BCUT2D eigenvalue weighted by Crippen LogP contribution is 2.26. The molecule has 0 aromatic heterocycles. The standard InChI is InChI=1S/C12H23NO4/c13-7-11-9(15)5-6-12(17-11)16-10-4-2-1-3-8(10)14/h8-12,14-15H,1-7,13H2. The maximum absolute atomic E-state index is 9.82. The van der Waals surface area contributed by atoms with E-state index in [1.54, 1.807) is 0 Å². The van der Waals surface area contributed by atoms with Gasteiger partial charge in [0.2, 0.25) is 0 Å². The summed E-state index contributed by atoms with van der Waals surface area (Å²) in [6.45, 7) is 0.300. The van der Waals surface area contributed by atoms with Gasteiger partial charge in [0.25, 0.3) is 0 Å². The Balaban J connectivity index is 1.82. The summed E-state index contributed by atoms with van der Waals surface area (Å²) in [6, 6.07) is 0. The molecule has 1 aliphatic heterocycles. The highest BCUT2D eigenvalue weighted by atomic mass is 16.7. The van der Waals surface area contributed by atoms with Crippen molar-refractivity contribution in [2.24, 2.45) is 5.73 Å². The average Bonchev–Trinajstić information content (AvgIpc) is 2.34. The van der Waals surface area contributed by atoms with Crippen LogP contribution < -0.4 is 5.73 Å². The highest BCUT2D eigenvalue weighted by Gasteiger charge is 2.33. The fraction of sp³-hybridized carbons (Fsp3) is 1.00.